The highest BCUT2D eigenvalue weighted by Crippen LogP contribution is 2.37. The van der Waals surface area contributed by atoms with E-state index in [1.807, 2.05) is 18.2 Å². The summed E-state index contributed by atoms with van der Waals surface area (Å²) in [5, 5.41) is 4.28. The number of oxime groups is 1. The molecule has 1 spiro atoms. The minimum Gasteiger partial charge on any atom is -0.493 e. The van der Waals surface area contributed by atoms with Gasteiger partial charge in [0.15, 0.2) is 17.1 Å². The number of hydrogen-bond acceptors (Lipinski definition) is 6. The lowest BCUT2D eigenvalue weighted by molar-refractivity contribution is -0.0237. The van der Waals surface area contributed by atoms with Crippen LogP contribution in [-0.4, -0.2) is 36.6 Å². The fourth-order valence-electron chi connectivity index (χ4n) is 2.95. The van der Waals surface area contributed by atoms with Crippen LogP contribution in [0, 0.1) is 0 Å². The molecule has 1 unspecified atom stereocenters. The Kier molecular flexibility index (Phi) is 3.82. The Morgan fingerprint density at radius 2 is 2.00 bits per heavy atom. The lowest BCUT2D eigenvalue weighted by Crippen LogP contribution is -2.29. The van der Waals surface area contributed by atoms with Gasteiger partial charge in [0.25, 0.3) is 0 Å². The van der Waals surface area contributed by atoms with Gasteiger partial charge in [-0.2, -0.15) is 0 Å². The van der Waals surface area contributed by atoms with E-state index in [2.05, 4.69) is 10.1 Å². The second-order valence-electron chi connectivity index (χ2n) is 5.94. The van der Waals surface area contributed by atoms with Crippen LogP contribution in [0.15, 0.2) is 47.9 Å². The van der Waals surface area contributed by atoms with Crippen molar-refractivity contribution >= 4 is 5.71 Å². The SMILES string of the molecule is COc1ccc(C2=NOC3(CCOC3)C2)cc1Oc1ccncc1. The fraction of sp³-hybridized carbons (Fsp3) is 0.333. The van der Waals surface area contributed by atoms with Crippen LogP contribution in [-0.2, 0) is 9.57 Å². The van der Waals surface area contributed by atoms with E-state index in [1.165, 1.54) is 0 Å². The summed E-state index contributed by atoms with van der Waals surface area (Å²) in [5.41, 5.74) is 1.58. The molecule has 0 N–H and O–H groups in total. The van der Waals surface area contributed by atoms with Gasteiger partial charge in [-0.25, -0.2) is 0 Å². The maximum Gasteiger partial charge on any atom is 0.169 e. The molecule has 0 saturated carbocycles. The molecule has 24 heavy (non-hydrogen) atoms. The van der Waals surface area contributed by atoms with Gasteiger partial charge in [-0.15, -0.1) is 0 Å². The highest BCUT2D eigenvalue weighted by Gasteiger charge is 2.43. The topological polar surface area (TPSA) is 62.2 Å². The third-order valence-corrected chi connectivity index (χ3v) is 4.28. The largest absolute Gasteiger partial charge is 0.493 e. The Hall–Kier alpha value is -2.60. The standard InChI is InChI=1S/C18H18N2O4/c1-21-16-3-2-13(10-17(16)23-14-4-7-19-8-5-14)15-11-18(24-20-15)6-9-22-12-18/h2-5,7-8,10H,6,9,11-12H2,1H3. The average molecular weight is 326 g/mol. The molecule has 124 valence electrons. The molecule has 0 aliphatic carbocycles. The number of methoxy groups -OCH3 is 1. The molecular formula is C18H18N2O4. The molecule has 1 atom stereocenters. The predicted molar refractivity (Wildman–Crippen MR) is 87.7 cm³/mol. The second-order valence-corrected chi connectivity index (χ2v) is 5.94. The summed E-state index contributed by atoms with van der Waals surface area (Å²) in [6.07, 6.45) is 4.99. The van der Waals surface area contributed by atoms with E-state index in [-0.39, 0.29) is 5.60 Å². The van der Waals surface area contributed by atoms with Crippen molar-refractivity contribution in [3.05, 3.63) is 48.3 Å². The van der Waals surface area contributed by atoms with Gasteiger partial charge in [-0.1, -0.05) is 5.16 Å². The minimum atomic E-state index is -0.290. The quantitative estimate of drug-likeness (QED) is 0.863. The van der Waals surface area contributed by atoms with Crippen molar-refractivity contribution in [2.45, 2.75) is 18.4 Å². The van der Waals surface area contributed by atoms with Crippen molar-refractivity contribution < 1.29 is 19.0 Å². The zero-order valence-electron chi connectivity index (χ0n) is 13.4. The van der Waals surface area contributed by atoms with Gasteiger partial charge in [0.2, 0.25) is 0 Å². The molecule has 3 heterocycles. The minimum absolute atomic E-state index is 0.290. The van der Waals surface area contributed by atoms with Gasteiger partial charge >= 0.3 is 0 Å². The van der Waals surface area contributed by atoms with Gasteiger partial charge in [0, 0.05) is 30.8 Å². The monoisotopic (exact) mass is 326 g/mol. The van der Waals surface area contributed by atoms with Gasteiger partial charge in [-0.3, -0.25) is 4.98 Å². The van der Waals surface area contributed by atoms with Crippen LogP contribution in [0.4, 0.5) is 0 Å². The number of pyridine rings is 1. The molecule has 1 aromatic heterocycles. The highest BCUT2D eigenvalue weighted by atomic mass is 16.7. The number of aromatic nitrogens is 1. The van der Waals surface area contributed by atoms with Crippen molar-refractivity contribution in [2.24, 2.45) is 5.16 Å². The van der Waals surface area contributed by atoms with Crippen LogP contribution in [0.1, 0.15) is 18.4 Å². The molecule has 6 heteroatoms. The summed E-state index contributed by atoms with van der Waals surface area (Å²) in [6.45, 7) is 1.32. The molecule has 2 aromatic rings. The van der Waals surface area contributed by atoms with E-state index >= 15 is 0 Å². The Morgan fingerprint density at radius 1 is 1.12 bits per heavy atom. The normalized spacial score (nSPS) is 22.3. The van der Waals surface area contributed by atoms with Crippen LogP contribution in [0.25, 0.3) is 0 Å². The summed E-state index contributed by atoms with van der Waals surface area (Å²) in [5.74, 6) is 1.99. The number of hydrogen-bond donors (Lipinski definition) is 0. The summed E-state index contributed by atoms with van der Waals surface area (Å²) in [6, 6.07) is 9.37. The average Bonchev–Trinajstić information content (AvgIpc) is 3.26. The molecule has 2 aliphatic heterocycles. The van der Waals surface area contributed by atoms with Crippen molar-refractivity contribution in [3.63, 3.8) is 0 Å². The van der Waals surface area contributed by atoms with Crippen molar-refractivity contribution in [3.8, 4) is 17.2 Å². The van der Waals surface area contributed by atoms with E-state index in [0.29, 0.717) is 23.9 Å². The smallest absolute Gasteiger partial charge is 0.169 e. The maximum absolute atomic E-state index is 5.93. The zero-order chi connectivity index (χ0) is 16.4. The highest BCUT2D eigenvalue weighted by molar-refractivity contribution is 6.02. The van der Waals surface area contributed by atoms with Crippen LogP contribution in [0.2, 0.25) is 0 Å². The molecule has 6 nitrogen and oxygen atoms in total. The number of rotatable bonds is 4. The van der Waals surface area contributed by atoms with Crippen LogP contribution < -0.4 is 9.47 Å². The lowest BCUT2D eigenvalue weighted by Gasteiger charge is -2.17. The second kappa shape index (κ2) is 6.13. The van der Waals surface area contributed by atoms with Crippen molar-refractivity contribution in [1.29, 1.82) is 0 Å². The third kappa shape index (κ3) is 2.80. The van der Waals surface area contributed by atoms with Gasteiger partial charge in [-0.05, 0) is 30.3 Å². The van der Waals surface area contributed by atoms with E-state index < -0.39 is 0 Å². The van der Waals surface area contributed by atoms with Gasteiger partial charge in [0.1, 0.15) is 5.75 Å². The molecule has 2 aliphatic rings. The summed E-state index contributed by atoms with van der Waals surface area (Å²) < 4.78 is 16.8. The van der Waals surface area contributed by atoms with Crippen LogP contribution >= 0.6 is 0 Å². The summed E-state index contributed by atoms with van der Waals surface area (Å²) in [4.78, 5) is 9.66. The first-order valence-corrected chi connectivity index (χ1v) is 7.87. The molecule has 4 rings (SSSR count). The fourth-order valence-corrected chi connectivity index (χ4v) is 2.95. The first kappa shape index (κ1) is 15.0. The third-order valence-electron chi connectivity index (χ3n) is 4.28. The van der Waals surface area contributed by atoms with E-state index in [0.717, 1.165) is 30.7 Å². The van der Waals surface area contributed by atoms with Crippen molar-refractivity contribution in [2.75, 3.05) is 20.3 Å². The Labute approximate surface area is 140 Å². The Morgan fingerprint density at radius 3 is 2.75 bits per heavy atom. The number of nitrogens with zero attached hydrogens (tertiary/aromatic N) is 2. The summed E-state index contributed by atoms with van der Waals surface area (Å²) >= 11 is 0. The summed E-state index contributed by atoms with van der Waals surface area (Å²) in [7, 11) is 1.62. The first-order valence-electron chi connectivity index (χ1n) is 7.87. The predicted octanol–water partition coefficient (Wildman–Crippen LogP) is 3.17. The number of ether oxygens (including phenoxy) is 3. The molecule has 1 aromatic carbocycles. The molecule has 0 bridgehead atoms. The van der Waals surface area contributed by atoms with E-state index in [9.17, 15) is 0 Å². The van der Waals surface area contributed by atoms with Gasteiger partial charge < -0.3 is 19.0 Å². The van der Waals surface area contributed by atoms with E-state index in [4.69, 9.17) is 19.0 Å². The maximum atomic E-state index is 5.93. The van der Waals surface area contributed by atoms with E-state index in [1.54, 1.807) is 31.6 Å². The molecule has 1 fully saturated rings. The molecule has 0 amide bonds. The van der Waals surface area contributed by atoms with Gasteiger partial charge in [0.05, 0.1) is 26.0 Å². The first-order chi connectivity index (χ1) is 11.8. The molecular weight excluding hydrogens is 308 g/mol. The number of benzene rings is 1. The van der Waals surface area contributed by atoms with Crippen molar-refractivity contribution in [1.82, 2.24) is 4.98 Å². The molecule has 1 saturated heterocycles. The molecule has 0 radical (unpaired) electrons. The van der Waals surface area contributed by atoms with Crippen LogP contribution in [0.3, 0.4) is 0 Å². The Bertz CT molecular complexity index is 755. The van der Waals surface area contributed by atoms with Crippen LogP contribution in [0.5, 0.6) is 17.2 Å². The lowest BCUT2D eigenvalue weighted by atomic mass is 9.93. The zero-order valence-corrected chi connectivity index (χ0v) is 13.4. The Balaban J connectivity index is 1.60.